The molecule has 0 aliphatic carbocycles. The van der Waals surface area contributed by atoms with E-state index < -0.39 is 11.6 Å². The molecule has 8 nitrogen and oxygen atoms in total. The fourth-order valence-corrected chi connectivity index (χ4v) is 3.77. The summed E-state index contributed by atoms with van der Waals surface area (Å²) in [6.07, 6.45) is 0.381. The Kier molecular flexibility index (Phi) is 5.65. The number of hydrogen-bond acceptors (Lipinski definition) is 6. The van der Waals surface area contributed by atoms with Crippen LogP contribution < -0.4 is 10.1 Å². The van der Waals surface area contributed by atoms with E-state index in [4.69, 9.17) is 20.9 Å². The van der Waals surface area contributed by atoms with Crippen LogP contribution in [0.15, 0.2) is 53.1 Å². The second-order valence-electron chi connectivity index (χ2n) is 7.03. The van der Waals surface area contributed by atoms with E-state index in [0.717, 1.165) is 4.90 Å². The largest absolute Gasteiger partial charge is 0.493 e. The lowest BCUT2D eigenvalue weighted by Crippen LogP contribution is -2.43. The number of carbonyl (C=O) groups is 2. The summed E-state index contributed by atoms with van der Waals surface area (Å²) in [7, 11) is 0. The molecule has 1 N–H and O–H groups in total. The molecule has 1 atom stereocenters. The van der Waals surface area contributed by atoms with Gasteiger partial charge < -0.3 is 14.6 Å². The van der Waals surface area contributed by atoms with Crippen LogP contribution in [0.25, 0.3) is 11.4 Å². The van der Waals surface area contributed by atoms with Gasteiger partial charge in [0.2, 0.25) is 11.7 Å². The van der Waals surface area contributed by atoms with Crippen LogP contribution in [0, 0.1) is 0 Å². The van der Waals surface area contributed by atoms with Gasteiger partial charge in [0.15, 0.2) is 0 Å². The quantitative estimate of drug-likeness (QED) is 0.554. The van der Waals surface area contributed by atoms with Gasteiger partial charge in [0.05, 0.1) is 12.2 Å². The lowest BCUT2D eigenvalue weighted by molar-refractivity contribution is -0.132. The zero-order chi connectivity index (χ0) is 22.0. The van der Waals surface area contributed by atoms with Gasteiger partial charge >= 0.3 is 6.03 Å². The highest BCUT2D eigenvalue weighted by Crippen LogP contribution is 2.34. The zero-order valence-electron chi connectivity index (χ0n) is 17.1. The van der Waals surface area contributed by atoms with Gasteiger partial charge in [-0.15, -0.1) is 0 Å². The van der Waals surface area contributed by atoms with Crippen molar-refractivity contribution in [3.63, 3.8) is 0 Å². The molecule has 160 valence electrons. The van der Waals surface area contributed by atoms with Crippen molar-refractivity contribution in [2.75, 3.05) is 6.61 Å². The predicted octanol–water partition coefficient (Wildman–Crippen LogP) is 4.15. The molecule has 3 amide bonds. The first-order valence-electron chi connectivity index (χ1n) is 9.93. The summed E-state index contributed by atoms with van der Waals surface area (Å²) in [5.41, 5.74) is 0.171. The maximum absolute atomic E-state index is 13.3. The molecular weight excluding hydrogens is 420 g/mol. The van der Waals surface area contributed by atoms with Crippen LogP contribution in [0.2, 0.25) is 5.02 Å². The minimum Gasteiger partial charge on any atom is -0.493 e. The van der Waals surface area contributed by atoms with Gasteiger partial charge in [0.1, 0.15) is 17.8 Å². The number of hydrogen-bond donors (Lipinski definition) is 1. The monoisotopic (exact) mass is 440 g/mol. The van der Waals surface area contributed by atoms with Crippen molar-refractivity contribution in [3.05, 3.63) is 65.0 Å². The number of para-hydroxylation sites is 1. The van der Waals surface area contributed by atoms with Crippen molar-refractivity contribution in [2.45, 2.75) is 32.4 Å². The smallest absolute Gasteiger partial charge is 0.325 e. The van der Waals surface area contributed by atoms with E-state index in [1.807, 2.05) is 38.1 Å². The molecule has 1 unspecified atom stereocenters. The molecule has 1 aromatic heterocycles. The summed E-state index contributed by atoms with van der Waals surface area (Å²) < 4.78 is 10.9. The van der Waals surface area contributed by atoms with Crippen molar-refractivity contribution in [1.82, 2.24) is 20.4 Å². The number of benzene rings is 2. The number of ether oxygens (including phenoxy) is 1. The Labute approximate surface area is 184 Å². The molecular formula is C22H21ClN4O4. The summed E-state index contributed by atoms with van der Waals surface area (Å²) in [4.78, 5) is 31.4. The molecule has 1 aliphatic heterocycles. The second-order valence-corrected chi connectivity index (χ2v) is 7.46. The number of halogens is 1. The average Bonchev–Trinajstić information content (AvgIpc) is 3.34. The molecule has 0 spiro atoms. The van der Waals surface area contributed by atoms with Crippen LogP contribution in [0.3, 0.4) is 0 Å². The highest BCUT2D eigenvalue weighted by molar-refractivity contribution is 6.30. The minimum atomic E-state index is -1.16. The maximum atomic E-state index is 13.3. The molecule has 9 heteroatoms. The molecule has 0 bridgehead atoms. The molecule has 2 heterocycles. The predicted molar refractivity (Wildman–Crippen MR) is 113 cm³/mol. The number of carbonyl (C=O) groups excluding carboxylic acids is 2. The van der Waals surface area contributed by atoms with Gasteiger partial charge in [-0.25, -0.2) is 4.79 Å². The Hall–Kier alpha value is -3.39. The third-order valence-corrected chi connectivity index (χ3v) is 5.48. The van der Waals surface area contributed by atoms with Gasteiger partial charge in [0.25, 0.3) is 5.91 Å². The topological polar surface area (TPSA) is 97.6 Å². The van der Waals surface area contributed by atoms with E-state index in [1.54, 1.807) is 24.3 Å². The Morgan fingerprint density at radius 3 is 2.58 bits per heavy atom. The number of rotatable bonds is 7. The highest BCUT2D eigenvalue weighted by atomic mass is 35.5. The van der Waals surface area contributed by atoms with Crippen molar-refractivity contribution in [1.29, 1.82) is 0 Å². The average molecular weight is 441 g/mol. The number of imide groups is 1. The van der Waals surface area contributed by atoms with Crippen LogP contribution in [-0.4, -0.2) is 33.6 Å². The summed E-state index contributed by atoms with van der Waals surface area (Å²) in [5, 5.41) is 7.37. The minimum absolute atomic E-state index is 0.135. The van der Waals surface area contributed by atoms with Gasteiger partial charge in [0, 0.05) is 5.02 Å². The fourth-order valence-electron chi connectivity index (χ4n) is 3.64. The molecule has 1 aliphatic rings. The van der Waals surface area contributed by atoms with E-state index >= 15 is 0 Å². The summed E-state index contributed by atoms with van der Waals surface area (Å²) >= 11 is 5.97. The van der Waals surface area contributed by atoms with E-state index in [1.165, 1.54) is 0 Å². The van der Waals surface area contributed by atoms with Gasteiger partial charge in [-0.1, -0.05) is 47.9 Å². The third-order valence-electron chi connectivity index (χ3n) is 5.23. The summed E-state index contributed by atoms with van der Waals surface area (Å²) in [6.45, 7) is 4.08. The van der Waals surface area contributed by atoms with Gasteiger partial charge in [-0.2, -0.15) is 4.98 Å². The van der Waals surface area contributed by atoms with E-state index in [0.29, 0.717) is 40.8 Å². The zero-order valence-corrected chi connectivity index (χ0v) is 17.8. The second kappa shape index (κ2) is 8.39. The van der Waals surface area contributed by atoms with Crippen LogP contribution >= 0.6 is 11.6 Å². The van der Waals surface area contributed by atoms with Crippen LogP contribution in [0.5, 0.6) is 5.75 Å². The number of aromatic nitrogens is 2. The van der Waals surface area contributed by atoms with Crippen molar-refractivity contribution >= 4 is 23.5 Å². The van der Waals surface area contributed by atoms with Crippen LogP contribution in [0.1, 0.15) is 31.7 Å². The number of urea groups is 1. The lowest BCUT2D eigenvalue weighted by Gasteiger charge is -2.25. The highest BCUT2D eigenvalue weighted by Gasteiger charge is 2.51. The van der Waals surface area contributed by atoms with Gasteiger partial charge in [-0.05, 0) is 43.2 Å². The van der Waals surface area contributed by atoms with E-state index in [-0.39, 0.29) is 18.3 Å². The Balaban J connectivity index is 1.59. The lowest BCUT2D eigenvalue weighted by atomic mass is 9.87. The number of nitrogens with one attached hydrogen (secondary N) is 1. The Morgan fingerprint density at radius 2 is 1.87 bits per heavy atom. The third kappa shape index (κ3) is 3.74. The summed E-state index contributed by atoms with van der Waals surface area (Å²) in [5.74, 6) is 0.718. The fraction of sp³-hybridized carbons (Fsp3) is 0.273. The first kappa shape index (κ1) is 20.9. The molecule has 1 fully saturated rings. The standard InChI is InChI=1S/C22H21ClN4O4/c1-3-22(14-9-11-15(23)12-10-14)20(28)27(21(29)25-22)13-18-24-19(26-31-18)16-7-5-6-8-17(16)30-4-2/h5-12H,3-4,13H2,1-2H3,(H,25,29). The molecule has 2 aromatic carbocycles. The molecule has 3 aromatic rings. The SMILES string of the molecule is CCOc1ccccc1-c1noc(CN2C(=O)NC(CC)(c3ccc(Cl)cc3)C2=O)n1. The molecule has 4 rings (SSSR count). The van der Waals surface area contributed by atoms with Crippen molar-refractivity contribution < 1.29 is 18.8 Å². The molecule has 0 radical (unpaired) electrons. The van der Waals surface area contributed by atoms with Crippen LogP contribution in [-0.2, 0) is 16.9 Å². The maximum Gasteiger partial charge on any atom is 0.325 e. The first-order chi connectivity index (χ1) is 15.0. The Morgan fingerprint density at radius 1 is 1.13 bits per heavy atom. The van der Waals surface area contributed by atoms with Gasteiger partial charge in [-0.3, -0.25) is 9.69 Å². The van der Waals surface area contributed by atoms with E-state index in [2.05, 4.69) is 15.5 Å². The normalized spacial score (nSPS) is 18.4. The molecule has 0 saturated carbocycles. The summed E-state index contributed by atoms with van der Waals surface area (Å²) in [6, 6.07) is 13.7. The number of amides is 3. The molecule has 1 saturated heterocycles. The van der Waals surface area contributed by atoms with Crippen molar-refractivity contribution in [3.8, 4) is 17.1 Å². The van der Waals surface area contributed by atoms with Crippen LogP contribution in [0.4, 0.5) is 4.79 Å². The van der Waals surface area contributed by atoms with E-state index in [9.17, 15) is 9.59 Å². The first-order valence-corrected chi connectivity index (χ1v) is 10.3. The van der Waals surface area contributed by atoms with Crippen molar-refractivity contribution in [2.24, 2.45) is 0 Å². The Bertz CT molecular complexity index is 1110. The number of nitrogens with zero attached hydrogens (tertiary/aromatic N) is 3. The molecule has 31 heavy (non-hydrogen) atoms.